The van der Waals surface area contributed by atoms with Gasteiger partial charge in [-0.2, -0.15) is 13.2 Å². The molecule has 0 amide bonds. The molecular weight excluding hydrogens is 513 g/mol. The molecule has 4 aromatic carbocycles. The summed E-state index contributed by atoms with van der Waals surface area (Å²) in [6, 6.07) is 23.3. The molecule has 0 spiro atoms. The van der Waals surface area contributed by atoms with Gasteiger partial charge in [-0.3, -0.25) is 0 Å². The van der Waals surface area contributed by atoms with Gasteiger partial charge in [-0.1, -0.05) is 30.3 Å². The van der Waals surface area contributed by atoms with E-state index in [4.69, 9.17) is 0 Å². The van der Waals surface area contributed by atoms with E-state index in [2.05, 4.69) is 4.72 Å². The predicted molar refractivity (Wildman–Crippen MR) is 143 cm³/mol. The van der Waals surface area contributed by atoms with Crippen LogP contribution in [0, 0.1) is 6.92 Å². The summed E-state index contributed by atoms with van der Waals surface area (Å²) in [7, 11) is 0. The fourth-order valence-electron chi connectivity index (χ4n) is 4.27. The minimum absolute atomic E-state index is 0.170. The van der Waals surface area contributed by atoms with Gasteiger partial charge >= 0.3 is 12.1 Å². The summed E-state index contributed by atoms with van der Waals surface area (Å²) in [6.45, 7) is 1.78. The Bertz CT molecular complexity index is 1660. The maximum atomic E-state index is 13.0. The third kappa shape index (κ3) is 4.92. The van der Waals surface area contributed by atoms with Crippen LogP contribution < -0.4 is 4.72 Å². The molecule has 0 bridgehead atoms. The van der Waals surface area contributed by atoms with E-state index < -0.39 is 17.7 Å². The lowest BCUT2D eigenvalue weighted by Crippen LogP contribution is -2.03. The molecule has 3 N–H and O–H groups in total. The van der Waals surface area contributed by atoms with Crippen molar-refractivity contribution in [2.45, 2.75) is 18.0 Å². The van der Waals surface area contributed by atoms with Crippen LogP contribution in [0.4, 0.5) is 18.9 Å². The average molecular weight is 535 g/mol. The lowest BCUT2D eigenvalue weighted by atomic mass is 10.0. The van der Waals surface area contributed by atoms with Crippen molar-refractivity contribution >= 4 is 34.5 Å². The van der Waals surface area contributed by atoms with Crippen molar-refractivity contribution in [2.24, 2.45) is 0 Å². The lowest BCUT2D eigenvalue weighted by molar-refractivity contribution is -0.137. The highest BCUT2D eigenvalue weighted by molar-refractivity contribution is 8.00. The number of hydrogen-bond donors (Lipinski definition) is 3. The van der Waals surface area contributed by atoms with Crippen molar-refractivity contribution in [1.29, 1.82) is 0 Å². The molecule has 1 aromatic heterocycles. The van der Waals surface area contributed by atoms with Crippen LogP contribution in [0.3, 0.4) is 0 Å². The summed E-state index contributed by atoms with van der Waals surface area (Å²) in [5, 5.41) is 20.1. The van der Waals surface area contributed by atoms with Gasteiger partial charge in [0.05, 0.1) is 11.1 Å². The van der Waals surface area contributed by atoms with E-state index >= 15 is 0 Å². The van der Waals surface area contributed by atoms with Crippen molar-refractivity contribution in [3.05, 3.63) is 108 Å². The number of benzene rings is 4. The number of aromatic carboxylic acids is 1. The third-order valence-corrected chi connectivity index (χ3v) is 7.18. The summed E-state index contributed by atoms with van der Waals surface area (Å²) in [6.07, 6.45) is -2.47. The summed E-state index contributed by atoms with van der Waals surface area (Å²) in [4.78, 5) is 12.0. The van der Waals surface area contributed by atoms with Gasteiger partial charge in [-0.15, -0.1) is 0 Å². The molecule has 0 saturated carbocycles. The van der Waals surface area contributed by atoms with Crippen molar-refractivity contribution in [2.75, 3.05) is 4.72 Å². The first kappa shape index (κ1) is 25.3. The van der Waals surface area contributed by atoms with Gasteiger partial charge in [0.2, 0.25) is 0 Å². The summed E-state index contributed by atoms with van der Waals surface area (Å²) >= 11 is 1.24. The number of hydrogen-bond acceptors (Lipinski definition) is 4. The van der Waals surface area contributed by atoms with Crippen LogP contribution in [0.2, 0.25) is 0 Å². The number of halogens is 3. The number of nitrogens with zero attached hydrogens (tertiary/aromatic N) is 1. The maximum Gasteiger partial charge on any atom is 0.416 e. The molecule has 5 rings (SSSR count). The Morgan fingerprint density at radius 2 is 1.68 bits per heavy atom. The van der Waals surface area contributed by atoms with Crippen LogP contribution in [-0.2, 0) is 6.18 Å². The second-order valence-corrected chi connectivity index (χ2v) is 9.54. The highest BCUT2D eigenvalue weighted by Crippen LogP contribution is 2.35. The van der Waals surface area contributed by atoms with Gasteiger partial charge in [0, 0.05) is 27.9 Å². The van der Waals surface area contributed by atoms with Gasteiger partial charge in [-0.25, -0.2) is 4.79 Å². The van der Waals surface area contributed by atoms with Crippen LogP contribution in [0.25, 0.3) is 27.7 Å². The first-order chi connectivity index (χ1) is 18.1. The topological polar surface area (TPSA) is 74.5 Å². The quantitative estimate of drug-likeness (QED) is 0.192. The van der Waals surface area contributed by atoms with Crippen LogP contribution in [0.5, 0.6) is 5.75 Å². The number of phenols is 1. The molecule has 0 aliphatic carbocycles. The minimum atomic E-state index is -4.38. The standard InChI is InChI=1S/C29H21F3N2O3S/c1-17-14-26(35)24(28(36)37)16-27(17)38-33-20-4-2-5-21(15-20)34-13-12-23-22(6-3-7-25(23)34)18-8-10-19(11-9-18)29(30,31)32/h2-16,33,35H,1H3,(H,36,37). The Hall–Kier alpha value is -4.37. The Morgan fingerprint density at radius 1 is 0.947 bits per heavy atom. The number of rotatable bonds is 6. The fraction of sp³-hybridized carbons (Fsp3) is 0.0690. The highest BCUT2D eigenvalue weighted by atomic mass is 32.2. The van der Waals surface area contributed by atoms with Crippen LogP contribution in [0.15, 0.2) is 96.0 Å². The van der Waals surface area contributed by atoms with Crippen LogP contribution in [-0.4, -0.2) is 20.7 Å². The predicted octanol–water partition coefficient (Wildman–Crippen LogP) is 8.15. The van der Waals surface area contributed by atoms with Crippen molar-refractivity contribution in [1.82, 2.24) is 4.57 Å². The molecule has 0 unspecified atom stereocenters. The summed E-state index contributed by atoms with van der Waals surface area (Å²) < 4.78 is 44.2. The number of nitrogens with one attached hydrogen (secondary N) is 1. The van der Waals surface area contributed by atoms with E-state index in [1.807, 2.05) is 59.3 Å². The molecule has 0 fully saturated rings. The zero-order chi connectivity index (χ0) is 27.0. The second kappa shape index (κ2) is 9.83. The number of fused-ring (bicyclic) bond motifs is 1. The van der Waals surface area contributed by atoms with E-state index in [0.29, 0.717) is 10.5 Å². The van der Waals surface area contributed by atoms with Gasteiger partial charge in [0.1, 0.15) is 11.3 Å². The molecule has 0 aliphatic rings. The number of aromatic hydroxyl groups is 1. The second-order valence-electron chi connectivity index (χ2n) is 8.69. The fourth-order valence-corrected chi connectivity index (χ4v) is 5.02. The van der Waals surface area contributed by atoms with E-state index in [-0.39, 0.29) is 11.3 Å². The van der Waals surface area contributed by atoms with E-state index in [1.54, 1.807) is 6.92 Å². The molecule has 0 saturated heterocycles. The number of carbonyl (C=O) groups is 1. The number of aryl methyl sites for hydroxylation is 1. The molecule has 1 heterocycles. The van der Waals surface area contributed by atoms with Crippen molar-refractivity contribution in [3.8, 4) is 22.6 Å². The molecule has 5 aromatic rings. The van der Waals surface area contributed by atoms with E-state index in [1.165, 1.54) is 36.2 Å². The summed E-state index contributed by atoms with van der Waals surface area (Å²) in [5.41, 5.74) is 3.93. The SMILES string of the molecule is Cc1cc(O)c(C(=O)O)cc1SNc1cccc(-n2ccc3c(-c4ccc(C(F)(F)F)cc4)cccc32)c1. The zero-order valence-electron chi connectivity index (χ0n) is 20.0. The Morgan fingerprint density at radius 3 is 2.39 bits per heavy atom. The van der Waals surface area contributed by atoms with Gasteiger partial charge in [-0.05, 0) is 90.2 Å². The smallest absolute Gasteiger partial charge is 0.416 e. The van der Waals surface area contributed by atoms with E-state index in [9.17, 15) is 28.2 Å². The van der Waals surface area contributed by atoms with Crippen LogP contribution >= 0.6 is 11.9 Å². The number of carboxylic acids is 1. The average Bonchev–Trinajstić information content (AvgIpc) is 3.32. The molecule has 0 atom stereocenters. The molecule has 9 heteroatoms. The molecule has 192 valence electrons. The number of aromatic nitrogens is 1. The largest absolute Gasteiger partial charge is 0.507 e. The number of carboxylic acid groups (broad SMARTS) is 1. The first-order valence-corrected chi connectivity index (χ1v) is 12.3. The van der Waals surface area contributed by atoms with Gasteiger partial charge in [0.25, 0.3) is 0 Å². The van der Waals surface area contributed by atoms with Crippen molar-refractivity contribution < 1.29 is 28.2 Å². The normalized spacial score (nSPS) is 11.6. The van der Waals surface area contributed by atoms with Crippen LogP contribution in [0.1, 0.15) is 21.5 Å². The third-order valence-electron chi connectivity index (χ3n) is 6.18. The highest BCUT2D eigenvalue weighted by Gasteiger charge is 2.30. The lowest BCUT2D eigenvalue weighted by Gasteiger charge is -2.12. The number of anilines is 1. The van der Waals surface area contributed by atoms with E-state index in [0.717, 1.165) is 45.5 Å². The Balaban J connectivity index is 1.43. The van der Waals surface area contributed by atoms with Gasteiger partial charge < -0.3 is 19.5 Å². The molecule has 5 nitrogen and oxygen atoms in total. The zero-order valence-corrected chi connectivity index (χ0v) is 20.8. The molecular formula is C29H21F3N2O3S. The minimum Gasteiger partial charge on any atom is -0.507 e. The Labute approximate surface area is 220 Å². The first-order valence-electron chi connectivity index (χ1n) is 11.5. The molecule has 38 heavy (non-hydrogen) atoms. The molecule has 0 radical (unpaired) electrons. The monoisotopic (exact) mass is 534 g/mol. The Kier molecular flexibility index (Phi) is 6.54. The molecule has 0 aliphatic heterocycles. The number of alkyl halides is 3. The summed E-state index contributed by atoms with van der Waals surface area (Å²) in [5.74, 6) is -1.49. The van der Waals surface area contributed by atoms with Gasteiger partial charge in [0.15, 0.2) is 0 Å². The van der Waals surface area contributed by atoms with Crippen molar-refractivity contribution in [3.63, 3.8) is 0 Å². The maximum absolute atomic E-state index is 13.0.